The average Bonchev–Trinajstić information content (AvgIpc) is 2.95. The summed E-state index contributed by atoms with van der Waals surface area (Å²) in [6, 6.07) is 4.97. The van der Waals surface area contributed by atoms with Gasteiger partial charge in [0.05, 0.1) is 23.9 Å². The molecule has 0 atom stereocenters. The number of hydrogen-bond acceptors (Lipinski definition) is 6. The van der Waals surface area contributed by atoms with Gasteiger partial charge in [-0.3, -0.25) is 9.59 Å². The molecule has 25 heavy (non-hydrogen) atoms. The van der Waals surface area contributed by atoms with Crippen LogP contribution in [0.1, 0.15) is 5.56 Å². The van der Waals surface area contributed by atoms with Gasteiger partial charge in [-0.05, 0) is 36.1 Å². The molecule has 0 fully saturated rings. The number of methoxy groups -OCH3 is 1. The van der Waals surface area contributed by atoms with E-state index in [1.54, 1.807) is 18.2 Å². The zero-order chi connectivity index (χ0) is 18.0. The van der Waals surface area contributed by atoms with Crippen molar-refractivity contribution in [3.63, 3.8) is 0 Å². The first-order valence-corrected chi connectivity index (χ1v) is 9.46. The van der Waals surface area contributed by atoms with Crippen LogP contribution in [-0.4, -0.2) is 28.7 Å². The number of halogens is 1. The topological polar surface area (TPSA) is 84.1 Å². The average molecular weight is 396 g/mol. The third-order valence-corrected chi connectivity index (χ3v) is 5.48. The molecule has 2 N–H and O–H groups in total. The number of H-pyrrole nitrogens is 1. The Morgan fingerprint density at radius 2 is 2.28 bits per heavy atom. The summed E-state index contributed by atoms with van der Waals surface area (Å²) in [5.41, 5.74) is 1.20. The molecular weight excluding hydrogens is 382 g/mol. The number of carbonyl (C=O) groups is 1. The van der Waals surface area contributed by atoms with Crippen LogP contribution in [0.25, 0.3) is 10.2 Å². The molecule has 0 radical (unpaired) electrons. The highest BCUT2D eigenvalue weighted by Crippen LogP contribution is 2.28. The molecule has 0 bridgehead atoms. The molecule has 1 amide bonds. The van der Waals surface area contributed by atoms with Gasteiger partial charge in [0.25, 0.3) is 5.56 Å². The Balaban J connectivity index is 1.71. The number of carbonyl (C=O) groups excluding carboxylic acids is 1. The van der Waals surface area contributed by atoms with Gasteiger partial charge in [-0.1, -0.05) is 23.4 Å². The Hall–Kier alpha value is -2.03. The fourth-order valence-corrected chi connectivity index (χ4v) is 4.05. The SMILES string of the molecule is COc1ccc(Cl)cc1NC(=O)CSc1nc2scc(C)c2c(=O)[nH]1. The highest BCUT2D eigenvalue weighted by Gasteiger charge is 2.12. The number of ether oxygens (including phenoxy) is 1. The van der Waals surface area contributed by atoms with Crippen LogP contribution in [0, 0.1) is 6.92 Å². The third kappa shape index (κ3) is 3.97. The Bertz CT molecular complexity index is 1000. The second-order valence-corrected chi connectivity index (χ2v) is 7.41. The lowest BCUT2D eigenvalue weighted by Gasteiger charge is -2.10. The maximum absolute atomic E-state index is 12.2. The Morgan fingerprint density at radius 3 is 3.04 bits per heavy atom. The minimum atomic E-state index is -0.254. The normalized spacial score (nSPS) is 10.8. The zero-order valence-electron chi connectivity index (χ0n) is 13.4. The van der Waals surface area contributed by atoms with Crippen LogP contribution < -0.4 is 15.6 Å². The number of thiophene rings is 1. The maximum atomic E-state index is 12.2. The van der Waals surface area contributed by atoms with E-state index in [2.05, 4.69) is 15.3 Å². The number of hydrogen-bond donors (Lipinski definition) is 2. The summed E-state index contributed by atoms with van der Waals surface area (Å²) in [6.45, 7) is 1.87. The Morgan fingerprint density at radius 1 is 1.48 bits per heavy atom. The molecule has 0 aliphatic heterocycles. The van der Waals surface area contributed by atoms with Crippen molar-refractivity contribution in [1.82, 2.24) is 9.97 Å². The van der Waals surface area contributed by atoms with E-state index in [9.17, 15) is 9.59 Å². The Kier molecular flexibility index (Phi) is 5.31. The van der Waals surface area contributed by atoms with Gasteiger partial charge in [0.2, 0.25) is 5.91 Å². The monoisotopic (exact) mass is 395 g/mol. The summed E-state index contributed by atoms with van der Waals surface area (Å²) in [5.74, 6) is 0.356. The molecule has 3 rings (SSSR count). The zero-order valence-corrected chi connectivity index (χ0v) is 15.8. The molecule has 1 aromatic carbocycles. The van der Waals surface area contributed by atoms with Gasteiger partial charge in [0.15, 0.2) is 5.16 Å². The van der Waals surface area contributed by atoms with Crippen molar-refractivity contribution in [2.24, 2.45) is 0 Å². The highest BCUT2D eigenvalue weighted by atomic mass is 35.5. The first-order valence-electron chi connectivity index (χ1n) is 7.22. The number of aromatic amines is 1. The van der Waals surface area contributed by atoms with Crippen molar-refractivity contribution in [1.29, 1.82) is 0 Å². The number of benzene rings is 1. The first-order chi connectivity index (χ1) is 12.0. The summed E-state index contributed by atoms with van der Waals surface area (Å²) < 4.78 is 5.19. The third-order valence-electron chi connectivity index (χ3n) is 3.38. The molecule has 2 heterocycles. The van der Waals surface area contributed by atoms with E-state index in [4.69, 9.17) is 16.3 Å². The van der Waals surface area contributed by atoms with E-state index < -0.39 is 0 Å². The number of nitrogens with one attached hydrogen (secondary N) is 2. The molecule has 0 unspecified atom stereocenters. The minimum Gasteiger partial charge on any atom is -0.495 e. The van der Waals surface area contributed by atoms with Gasteiger partial charge >= 0.3 is 0 Å². The van der Waals surface area contributed by atoms with Crippen molar-refractivity contribution < 1.29 is 9.53 Å². The van der Waals surface area contributed by atoms with E-state index in [0.29, 0.717) is 31.8 Å². The molecule has 130 valence electrons. The molecule has 9 heteroatoms. The molecule has 3 aromatic rings. The number of aryl methyl sites for hydroxylation is 1. The summed E-state index contributed by atoms with van der Waals surface area (Å²) >= 11 is 8.51. The molecule has 0 spiro atoms. The fourth-order valence-electron chi connectivity index (χ4n) is 2.24. The van der Waals surface area contributed by atoms with Gasteiger partial charge in [-0.15, -0.1) is 11.3 Å². The van der Waals surface area contributed by atoms with Gasteiger partial charge in [-0.25, -0.2) is 4.98 Å². The van der Waals surface area contributed by atoms with Crippen LogP contribution in [0.4, 0.5) is 5.69 Å². The molecule has 6 nitrogen and oxygen atoms in total. The van der Waals surface area contributed by atoms with Crippen molar-refractivity contribution in [3.05, 3.63) is 44.5 Å². The standard InChI is InChI=1S/C16H14ClN3O3S2/c1-8-6-24-15-13(8)14(22)19-16(20-15)25-7-12(21)18-10-5-9(17)3-4-11(10)23-2/h3-6H,7H2,1-2H3,(H,18,21)(H,19,20,22). The smallest absolute Gasteiger partial charge is 0.260 e. The molecule has 0 aliphatic rings. The van der Waals surface area contributed by atoms with E-state index in [1.165, 1.54) is 18.4 Å². The predicted octanol–water partition coefficient (Wildman–Crippen LogP) is 3.69. The van der Waals surface area contributed by atoms with Crippen molar-refractivity contribution >= 4 is 56.5 Å². The summed E-state index contributed by atoms with van der Waals surface area (Å²) in [4.78, 5) is 32.0. The maximum Gasteiger partial charge on any atom is 0.260 e. The van der Waals surface area contributed by atoms with Crippen molar-refractivity contribution in [3.8, 4) is 5.75 Å². The fraction of sp³-hybridized carbons (Fsp3) is 0.188. The molecule has 0 saturated heterocycles. The van der Waals surface area contributed by atoms with Gasteiger partial charge in [0.1, 0.15) is 10.6 Å². The second-order valence-electron chi connectivity index (χ2n) is 5.15. The van der Waals surface area contributed by atoms with E-state index in [1.807, 2.05) is 12.3 Å². The number of anilines is 1. The van der Waals surface area contributed by atoms with E-state index in [0.717, 1.165) is 17.3 Å². The Labute approximate surface area is 156 Å². The largest absolute Gasteiger partial charge is 0.495 e. The summed E-state index contributed by atoms with van der Waals surface area (Å²) in [7, 11) is 1.51. The van der Waals surface area contributed by atoms with Crippen LogP contribution in [0.2, 0.25) is 5.02 Å². The number of fused-ring (bicyclic) bond motifs is 1. The number of amides is 1. The predicted molar refractivity (Wildman–Crippen MR) is 102 cm³/mol. The lowest BCUT2D eigenvalue weighted by atomic mass is 10.3. The van der Waals surface area contributed by atoms with Crippen LogP contribution in [0.5, 0.6) is 5.75 Å². The molecule has 0 saturated carbocycles. The summed E-state index contributed by atoms with van der Waals surface area (Å²) in [6.07, 6.45) is 0. The second kappa shape index (κ2) is 7.47. The van der Waals surface area contributed by atoms with Crippen molar-refractivity contribution in [2.45, 2.75) is 12.1 Å². The number of nitrogens with zero attached hydrogens (tertiary/aromatic N) is 1. The molecule has 0 aliphatic carbocycles. The number of thioether (sulfide) groups is 1. The summed E-state index contributed by atoms with van der Waals surface area (Å²) in [5, 5.41) is 6.13. The van der Waals surface area contributed by atoms with Gasteiger partial charge < -0.3 is 15.0 Å². The van der Waals surface area contributed by atoms with Crippen LogP contribution >= 0.6 is 34.7 Å². The van der Waals surface area contributed by atoms with E-state index >= 15 is 0 Å². The minimum absolute atomic E-state index is 0.0917. The van der Waals surface area contributed by atoms with Crippen LogP contribution in [0.15, 0.2) is 33.5 Å². The lowest BCUT2D eigenvalue weighted by Crippen LogP contribution is -2.16. The van der Waals surface area contributed by atoms with Crippen LogP contribution in [0.3, 0.4) is 0 Å². The molecular formula is C16H14ClN3O3S2. The number of rotatable bonds is 5. The molecule has 2 aromatic heterocycles. The van der Waals surface area contributed by atoms with E-state index in [-0.39, 0.29) is 17.2 Å². The van der Waals surface area contributed by atoms with Crippen LogP contribution in [-0.2, 0) is 4.79 Å². The quantitative estimate of drug-likeness (QED) is 0.508. The highest BCUT2D eigenvalue weighted by molar-refractivity contribution is 7.99. The van der Waals surface area contributed by atoms with Gasteiger partial charge in [0, 0.05) is 5.02 Å². The number of aromatic nitrogens is 2. The lowest BCUT2D eigenvalue weighted by molar-refractivity contribution is -0.113. The van der Waals surface area contributed by atoms with Crippen molar-refractivity contribution in [2.75, 3.05) is 18.2 Å². The first kappa shape index (κ1) is 17.8. The van der Waals surface area contributed by atoms with Gasteiger partial charge in [-0.2, -0.15) is 0 Å².